The molecular formula is C63H40N2O. The second kappa shape index (κ2) is 14.2. The van der Waals surface area contributed by atoms with Gasteiger partial charge in [0.25, 0.3) is 0 Å². The zero-order valence-electron chi connectivity index (χ0n) is 35.9. The van der Waals surface area contributed by atoms with Crippen LogP contribution in [-0.4, -0.2) is 4.57 Å². The van der Waals surface area contributed by atoms with E-state index in [-0.39, 0.29) is 0 Å². The zero-order valence-corrected chi connectivity index (χ0v) is 35.9. The molecule has 3 nitrogen and oxygen atoms in total. The number of furan rings is 1. The summed E-state index contributed by atoms with van der Waals surface area (Å²) < 4.78 is 9.36. The van der Waals surface area contributed by atoms with Crippen LogP contribution in [0.5, 0.6) is 0 Å². The number of rotatable bonds is 6. The maximum atomic E-state index is 6.97. The number of hydrogen-bond acceptors (Lipinski definition) is 2. The van der Waals surface area contributed by atoms with Crippen LogP contribution in [0, 0.1) is 0 Å². The number of para-hydroxylation sites is 5. The Labute approximate surface area is 382 Å². The molecule has 0 radical (unpaired) electrons. The van der Waals surface area contributed by atoms with Gasteiger partial charge >= 0.3 is 0 Å². The maximum Gasteiger partial charge on any atom is 0.140 e. The van der Waals surface area contributed by atoms with Crippen LogP contribution in [0.4, 0.5) is 17.1 Å². The summed E-state index contributed by atoms with van der Waals surface area (Å²) in [5, 5.41) is 3.69. The van der Waals surface area contributed by atoms with Crippen LogP contribution in [-0.2, 0) is 5.41 Å². The van der Waals surface area contributed by atoms with Crippen LogP contribution in [0.1, 0.15) is 22.3 Å². The van der Waals surface area contributed by atoms with Gasteiger partial charge in [0.15, 0.2) is 0 Å². The molecule has 2 heterocycles. The van der Waals surface area contributed by atoms with Crippen molar-refractivity contribution in [2.45, 2.75) is 5.41 Å². The molecule has 0 aliphatic heterocycles. The highest BCUT2D eigenvalue weighted by Crippen LogP contribution is 2.65. The third-order valence-corrected chi connectivity index (χ3v) is 14.2. The van der Waals surface area contributed by atoms with Crippen molar-refractivity contribution in [1.82, 2.24) is 4.57 Å². The topological polar surface area (TPSA) is 21.3 Å². The predicted molar refractivity (Wildman–Crippen MR) is 272 cm³/mol. The van der Waals surface area contributed by atoms with Gasteiger partial charge in [-0.2, -0.15) is 0 Å². The summed E-state index contributed by atoms with van der Waals surface area (Å²) in [6.45, 7) is 0. The minimum atomic E-state index is -0.545. The molecule has 10 aromatic carbocycles. The Bertz CT molecular complexity index is 3770. The molecule has 0 amide bonds. The second-order valence-corrected chi connectivity index (χ2v) is 17.6. The van der Waals surface area contributed by atoms with E-state index in [1.165, 1.54) is 66.3 Å². The number of benzene rings is 10. The lowest BCUT2D eigenvalue weighted by Gasteiger charge is -2.30. The molecule has 2 aliphatic rings. The average Bonchev–Trinajstić information content (AvgIpc) is 4.11. The molecule has 66 heavy (non-hydrogen) atoms. The van der Waals surface area contributed by atoms with Crippen molar-refractivity contribution in [3.05, 3.63) is 265 Å². The third kappa shape index (κ3) is 5.20. The van der Waals surface area contributed by atoms with Crippen molar-refractivity contribution in [1.29, 1.82) is 0 Å². The maximum absolute atomic E-state index is 6.97. The first-order valence-electron chi connectivity index (χ1n) is 22.7. The summed E-state index contributed by atoms with van der Waals surface area (Å²) in [7, 11) is 0. The fourth-order valence-electron chi connectivity index (χ4n) is 11.4. The number of hydrogen-bond donors (Lipinski definition) is 0. The Kier molecular flexibility index (Phi) is 7.90. The first kappa shape index (κ1) is 36.8. The largest absolute Gasteiger partial charge is 0.456 e. The summed E-state index contributed by atoms with van der Waals surface area (Å²) in [5.41, 5.74) is 20.7. The highest BCUT2D eigenvalue weighted by atomic mass is 16.3. The molecule has 14 rings (SSSR count). The third-order valence-electron chi connectivity index (χ3n) is 14.2. The van der Waals surface area contributed by atoms with Crippen LogP contribution in [0.3, 0.4) is 0 Å². The molecule has 0 saturated carbocycles. The summed E-state index contributed by atoms with van der Waals surface area (Å²) in [6.07, 6.45) is 0. The molecule has 0 saturated heterocycles. The van der Waals surface area contributed by atoms with Gasteiger partial charge in [0.05, 0.1) is 16.4 Å². The van der Waals surface area contributed by atoms with Gasteiger partial charge in [0, 0.05) is 50.0 Å². The molecule has 1 atom stereocenters. The van der Waals surface area contributed by atoms with E-state index in [0.717, 1.165) is 56.2 Å². The van der Waals surface area contributed by atoms with Crippen LogP contribution < -0.4 is 4.90 Å². The highest BCUT2D eigenvalue weighted by molar-refractivity contribution is 6.09. The Balaban J connectivity index is 0.892. The summed E-state index contributed by atoms with van der Waals surface area (Å²) in [5.74, 6) is 0.955. The Hall–Kier alpha value is -8.66. The van der Waals surface area contributed by atoms with Gasteiger partial charge in [-0.15, -0.1) is 0 Å². The van der Waals surface area contributed by atoms with Gasteiger partial charge in [0.2, 0.25) is 0 Å². The second-order valence-electron chi connectivity index (χ2n) is 17.6. The molecule has 3 heteroatoms. The number of nitrogens with zero attached hydrogens (tertiary/aromatic N) is 2. The van der Waals surface area contributed by atoms with Crippen LogP contribution >= 0.6 is 0 Å². The molecule has 0 bridgehead atoms. The van der Waals surface area contributed by atoms with Crippen molar-refractivity contribution in [2.75, 3.05) is 4.90 Å². The number of fused-ring (bicyclic) bond motifs is 15. The van der Waals surface area contributed by atoms with E-state index in [1.807, 2.05) is 0 Å². The standard InChI is InChI=1S/C63H40N2O/c1-3-15-45(16-4-1)64(46-17-5-2-6-18-46)47-33-27-42(28-34-47)44-32-38-57-54(40-44)62-61(52-22-10-14-26-60(52)66-62)63(57)55-23-11-7-19-49(55)53-39-43(31-37-56(53)63)41-29-35-48(36-30-41)65-58-24-12-8-20-50(58)51-21-9-13-25-59(51)65/h1-40H. The van der Waals surface area contributed by atoms with E-state index in [0.29, 0.717) is 0 Å². The van der Waals surface area contributed by atoms with Crippen LogP contribution in [0.2, 0.25) is 0 Å². The Morgan fingerprint density at radius 1 is 0.348 bits per heavy atom. The van der Waals surface area contributed by atoms with Gasteiger partial charge in [0.1, 0.15) is 11.3 Å². The Morgan fingerprint density at radius 2 is 0.818 bits per heavy atom. The highest BCUT2D eigenvalue weighted by Gasteiger charge is 2.54. The first-order valence-corrected chi connectivity index (χ1v) is 22.7. The smallest absolute Gasteiger partial charge is 0.140 e. The zero-order chi connectivity index (χ0) is 43.3. The fraction of sp³-hybridized carbons (Fsp3) is 0.0159. The Morgan fingerprint density at radius 3 is 1.47 bits per heavy atom. The van der Waals surface area contributed by atoms with E-state index >= 15 is 0 Å². The molecule has 308 valence electrons. The van der Waals surface area contributed by atoms with E-state index < -0.39 is 5.41 Å². The normalized spacial score (nSPS) is 14.4. The van der Waals surface area contributed by atoms with Gasteiger partial charge in [-0.3, -0.25) is 0 Å². The molecule has 0 N–H and O–H groups in total. The lowest BCUT2D eigenvalue weighted by Crippen LogP contribution is -2.25. The van der Waals surface area contributed by atoms with Crippen molar-refractivity contribution in [3.63, 3.8) is 0 Å². The minimum absolute atomic E-state index is 0.545. The molecule has 0 fully saturated rings. The summed E-state index contributed by atoms with van der Waals surface area (Å²) in [6, 6.07) is 88.4. The average molecular weight is 841 g/mol. The summed E-state index contributed by atoms with van der Waals surface area (Å²) in [4.78, 5) is 2.30. The van der Waals surface area contributed by atoms with Crippen molar-refractivity contribution in [3.8, 4) is 50.4 Å². The van der Waals surface area contributed by atoms with Crippen molar-refractivity contribution >= 4 is 49.8 Å². The van der Waals surface area contributed by atoms with E-state index in [2.05, 4.69) is 252 Å². The lowest BCUT2D eigenvalue weighted by atomic mass is 9.70. The van der Waals surface area contributed by atoms with Gasteiger partial charge < -0.3 is 13.9 Å². The molecule has 2 aliphatic carbocycles. The van der Waals surface area contributed by atoms with E-state index in [9.17, 15) is 0 Å². The fourth-order valence-corrected chi connectivity index (χ4v) is 11.4. The lowest BCUT2D eigenvalue weighted by molar-refractivity contribution is 0.628. The quantitative estimate of drug-likeness (QED) is 0.166. The SMILES string of the molecule is c1ccc(N(c2ccccc2)c2ccc(-c3ccc4c(c3)-c3oc5ccccc5c3C43c4ccccc4-c4cc(-c5ccc(-n6c7ccccc7c7ccccc76)cc5)ccc43)cc2)cc1. The van der Waals surface area contributed by atoms with Gasteiger partial charge in [-0.1, -0.05) is 164 Å². The van der Waals surface area contributed by atoms with Gasteiger partial charge in [-0.25, -0.2) is 0 Å². The monoisotopic (exact) mass is 840 g/mol. The van der Waals surface area contributed by atoms with Crippen molar-refractivity contribution < 1.29 is 4.42 Å². The molecule has 1 spiro atoms. The van der Waals surface area contributed by atoms with Crippen LogP contribution in [0.25, 0.3) is 83.2 Å². The molecule has 12 aromatic rings. The molecular weight excluding hydrogens is 801 g/mol. The van der Waals surface area contributed by atoms with Crippen LogP contribution in [0.15, 0.2) is 247 Å². The number of anilines is 3. The van der Waals surface area contributed by atoms with Gasteiger partial charge in [-0.05, 0) is 129 Å². The first-order chi connectivity index (χ1) is 32.7. The summed E-state index contributed by atoms with van der Waals surface area (Å²) >= 11 is 0. The molecule has 2 aromatic heterocycles. The van der Waals surface area contributed by atoms with Crippen molar-refractivity contribution in [2.24, 2.45) is 0 Å². The van der Waals surface area contributed by atoms with E-state index in [4.69, 9.17) is 4.42 Å². The minimum Gasteiger partial charge on any atom is -0.456 e. The number of aromatic nitrogens is 1. The predicted octanol–water partition coefficient (Wildman–Crippen LogP) is 16.7. The molecule has 1 unspecified atom stereocenters. The van der Waals surface area contributed by atoms with E-state index in [1.54, 1.807) is 0 Å².